The summed E-state index contributed by atoms with van der Waals surface area (Å²) in [6, 6.07) is 11.1. The number of alkyl halides is 4. The second-order valence-electron chi connectivity index (χ2n) is 6.30. The van der Waals surface area contributed by atoms with Crippen molar-refractivity contribution in [2.45, 2.75) is 19.8 Å². The van der Waals surface area contributed by atoms with Gasteiger partial charge in [-0.15, -0.1) is 0 Å². The molecule has 0 saturated carbocycles. The molecule has 0 aliphatic carbocycles. The molecule has 1 heterocycles. The van der Waals surface area contributed by atoms with Crippen molar-refractivity contribution < 1.29 is 36.9 Å². The molecule has 0 spiro atoms. The summed E-state index contributed by atoms with van der Waals surface area (Å²) in [6.07, 6.45) is 3.12. The lowest BCUT2D eigenvalue weighted by Gasteiger charge is -2.26. The maximum absolute atomic E-state index is 12.9. The highest BCUT2D eigenvalue weighted by Gasteiger charge is 2.20. The number of hydrogen-bond acceptors (Lipinski definition) is 5. The van der Waals surface area contributed by atoms with Crippen molar-refractivity contribution in [3.63, 3.8) is 0 Å². The molecule has 0 radical (unpaired) electrons. The van der Waals surface area contributed by atoms with Crippen LogP contribution < -0.4 is 14.4 Å². The van der Waals surface area contributed by atoms with Crippen molar-refractivity contribution in [2.24, 2.45) is 0 Å². The Balaban J connectivity index is 2.11. The lowest BCUT2D eigenvalue weighted by Crippen LogP contribution is -2.18. The fourth-order valence-electron chi connectivity index (χ4n) is 2.90. The van der Waals surface area contributed by atoms with Gasteiger partial charge in [0.2, 0.25) is 0 Å². The summed E-state index contributed by atoms with van der Waals surface area (Å²) in [4.78, 5) is 17.1. The number of halogens is 5. The van der Waals surface area contributed by atoms with E-state index in [0.29, 0.717) is 11.3 Å². The topological polar surface area (TPSA) is 71.9 Å². The van der Waals surface area contributed by atoms with Crippen LogP contribution in [0.1, 0.15) is 15.9 Å². The number of carboxylic acid groups (broad SMARTS) is 1. The Morgan fingerprint density at radius 1 is 1.00 bits per heavy atom. The summed E-state index contributed by atoms with van der Waals surface area (Å²) in [6.45, 7) is -6.40. The zero-order valence-electron chi connectivity index (χ0n) is 16.1. The zero-order chi connectivity index (χ0) is 23.3. The van der Waals surface area contributed by atoms with Gasteiger partial charge in [-0.05, 0) is 42.0 Å². The monoisotopic (exact) mass is 470 g/mol. The number of carboxylic acids is 1. The lowest BCUT2D eigenvalue weighted by atomic mass is 10.1. The Morgan fingerprint density at radius 3 is 2.28 bits per heavy atom. The van der Waals surface area contributed by atoms with Crippen LogP contribution in [0.15, 0.2) is 60.9 Å². The minimum Gasteiger partial charge on any atom is -0.478 e. The molecule has 0 fully saturated rings. The van der Waals surface area contributed by atoms with E-state index in [0.717, 1.165) is 12.1 Å². The van der Waals surface area contributed by atoms with E-state index in [1.807, 2.05) is 0 Å². The molecule has 11 heteroatoms. The van der Waals surface area contributed by atoms with Gasteiger partial charge in [-0.2, -0.15) is 17.6 Å². The molecule has 1 aromatic heterocycles. The van der Waals surface area contributed by atoms with Crippen molar-refractivity contribution in [3.8, 4) is 11.5 Å². The smallest absolute Gasteiger partial charge is 0.387 e. The van der Waals surface area contributed by atoms with Gasteiger partial charge < -0.3 is 19.5 Å². The molecular weight excluding hydrogens is 456 g/mol. The number of aromatic nitrogens is 1. The van der Waals surface area contributed by atoms with Crippen molar-refractivity contribution in [2.75, 3.05) is 4.90 Å². The summed E-state index contributed by atoms with van der Waals surface area (Å²) in [5.41, 5.74) is 1.11. The number of ether oxygens (including phenoxy) is 2. The predicted molar refractivity (Wildman–Crippen MR) is 108 cm³/mol. The first-order valence-corrected chi connectivity index (χ1v) is 9.35. The molecule has 0 amide bonds. The first kappa shape index (κ1) is 23.1. The SMILES string of the molecule is O=C(O)c1cc(N(Cc2cccnc2)c2ccc(OC(F)F)c(OC(F)F)c2)ccc1Cl. The minimum absolute atomic E-state index is 0.00461. The normalized spacial score (nSPS) is 11.0. The molecule has 0 unspecified atom stereocenters. The number of pyridine rings is 1. The molecule has 168 valence electrons. The van der Waals surface area contributed by atoms with E-state index in [-0.39, 0.29) is 22.8 Å². The summed E-state index contributed by atoms with van der Waals surface area (Å²) < 4.78 is 59.6. The first-order valence-electron chi connectivity index (χ1n) is 8.97. The summed E-state index contributed by atoms with van der Waals surface area (Å²) in [5, 5.41) is 9.40. The van der Waals surface area contributed by atoms with Crippen LogP contribution in [-0.4, -0.2) is 29.3 Å². The van der Waals surface area contributed by atoms with E-state index in [1.165, 1.54) is 24.3 Å². The van der Waals surface area contributed by atoms with Crippen LogP contribution in [-0.2, 0) is 6.54 Å². The van der Waals surface area contributed by atoms with Crippen molar-refractivity contribution in [3.05, 3.63) is 77.1 Å². The van der Waals surface area contributed by atoms with E-state index in [4.69, 9.17) is 11.6 Å². The van der Waals surface area contributed by atoms with Crippen LogP contribution in [0.3, 0.4) is 0 Å². The Labute approximate surface area is 184 Å². The fraction of sp³-hybridized carbons (Fsp3) is 0.143. The van der Waals surface area contributed by atoms with Gasteiger partial charge in [0, 0.05) is 36.4 Å². The Hall–Kier alpha value is -3.53. The fourth-order valence-corrected chi connectivity index (χ4v) is 3.10. The van der Waals surface area contributed by atoms with Crippen molar-refractivity contribution >= 4 is 28.9 Å². The van der Waals surface area contributed by atoms with Crippen LogP contribution in [0.4, 0.5) is 28.9 Å². The highest BCUT2D eigenvalue weighted by atomic mass is 35.5. The average Bonchev–Trinajstić information content (AvgIpc) is 2.74. The molecule has 3 aromatic rings. The minimum atomic E-state index is -3.29. The third-order valence-corrected chi connectivity index (χ3v) is 4.56. The summed E-state index contributed by atoms with van der Waals surface area (Å²) >= 11 is 5.95. The standard InChI is InChI=1S/C21H15ClF4N2O4/c22-16-5-3-13(8-15(16)19(29)30)28(11-12-2-1-7-27-10-12)14-4-6-17(31-20(23)24)18(9-14)32-21(25)26/h1-10,20-21H,11H2,(H,29,30). The number of carbonyl (C=O) groups is 1. The van der Waals surface area contributed by atoms with Gasteiger partial charge in [-0.25, -0.2) is 4.79 Å². The third-order valence-electron chi connectivity index (χ3n) is 4.23. The molecule has 32 heavy (non-hydrogen) atoms. The molecule has 0 atom stereocenters. The highest BCUT2D eigenvalue weighted by molar-refractivity contribution is 6.33. The number of benzene rings is 2. The van der Waals surface area contributed by atoms with Gasteiger partial charge in [0.1, 0.15) is 0 Å². The second kappa shape index (κ2) is 10.2. The number of hydrogen-bond donors (Lipinski definition) is 1. The second-order valence-corrected chi connectivity index (χ2v) is 6.71. The molecular formula is C21H15ClF4N2O4. The Morgan fingerprint density at radius 2 is 1.66 bits per heavy atom. The van der Waals surface area contributed by atoms with Gasteiger partial charge in [0.05, 0.1) is 10.6 Å². The molecule has 3 rings (SSSR count). The van der Waals surface area contributed by atoms with Gasteiger partial charge >= 0.3 is 19.2 Å². The number of anilines is 2. The summed E-state index contributed by atoms with van der Waals surface area (Å²) in [7, 11) is 0. The van der Waals surface area contributed by atoms with E-state index in [9.17, 15) is 27.5 Å². The molecule has 6 nitrogen and oxygen atoms in total. The average molecular weight is 471 g/mol. The van der Waals surface area contributed by atoms with Crippen LogP contribution >= 0.6 is 11.6 Å². The van der Waals surface area contributed by atoms with Crippen molar-refractivity contribution in [1.82, 2.24) is 4.98 Å². The van der Waals surface area contributed by atoms with E-state index >= 15 is 0 Å². The van der Waals surface area contributed by atoms with E-state index < -0.39 is 30.7 Å². The molecule has 0 aliphatic heterocycles. The van der Waals surface area contributed by atoms with Crippen LogP contribution in [0.5, 0.6) is 11.5 Å². The number of rotatable bonds is 9. The Bertz CT molecular complexity index is 1090. The van der Waals surface area contributed by atoms with Gasteiger partial charge in [-0.1, -0.05) is 17.7 Å². The van der Waals surface area contributed by atoms with Gasteiger partial charge in [0.15, 0.2) is 11.5 Å². The molecule has 1 N–H and O–H groups in total. The summed E-state index contributed by atoms with van der Waals surface area (Å²) in [5.74, 6) is -2.45. The van der Waals surface area contributed by atoms with E-state index in [1.54, 1.807) is 29.4 Å². The number of nitrogens with zero attached hydrogens (tertiary/aromatic N) is 2. The molecule has 2 aromatic carbocycles. The van der Waals surface area contributed by atoms with Crippen LogP contribution in [0.25, 0.3) is 0 Å². The third kappa shape index (κ3) is 5.79. The lowest BCUT2D eigenvalue weighted by molar-refractivity contribution is -0.0692. The molecule has 0 saturated heterocycles. The van der Waals surface area contributed by atoms with Gasteiger partial charge in [0.25, 0.3) is 0 Å². The van der Waals surface area contributed by atoms with E-state index in [2.05, 4.69) is 14.5 Å². The maximum atomic E-state index is 12.9. The number of aromatic carboxylic acids is 1. The Kier molecular flexibility index (Phi) is 7.37. The maximum Gasteiger partial charge on any atom is 0.387 e. The molecule has 0 aliphatic rings. The quantitative estimate of drug-likeness (QED) is 0.388. The zero-order valence-corrected chi connectivity index (χ0v) is 16.8. The van der Waals surface area contributed by atoms with Crippen molar-refractivity contribution in [1.29, 1.82) is 0 Å². The largest absolute Gasteiger partial charge is 0.478 e. The van der Waals surface area contributed by atoms with Crippen LogP contribution in [0.2, 0.25) is 5.02 Å². The van der Waals surface area contributed by atoms with Crippen LogP contribution in [0, 0.1) is 0 Å². The molecule has 0 bridgehead atoms. The predicted octanol–water partition coefficient (Wildman–Crippen LogP) is 5.97. The first-order chi connectivity index (χ1) is 15.2. The highest BCUT2D eigenvalue weighted by Crippen LogP contribution is 2.38. The van der Waals surface area contributed by atoms with Gasteiger partial charge in [-0.3, -0.25) is 4.98 Å².